The van der Waals surface area contributed by atoms with Crippen molar-refractivity contribution in [2.24, 2.45) is 5.92 Å². The van der Waals surface area contributed by atoms with E-state index in [0.29, 0.717) is 12.5 Å². The SMILES string of the molecule is CCOC(=O)[C@]1([Si](CC)(CC)CC)SCCO[C@@H]1CC(C)C. The van der Waals surface area contributed by atoms with Crippen LogP contribution >= 0.6 is 11.8 Å². The summed E-state index contributed by atoms with van der Waals surface area (Å²) >= 11 is 1.85. The van der Waals surface area contributed by atoms with Crippen molar-refractivity contribution in [2.75, 3.05) is 19.0 Å². The topological polar surface area (TPSA) is 35.5 Å². The predicted molar refractivity (Wildman–Crippen MR) is 98.2 cm³/mol. The van der Waals surface area contributed by atoms with Crippen LogP contribution in [0.2, 0.25) is 18.1 Å². The second kappa shape index (κ2) is 8.74. The average molecular weight is 347 g/mol. The lowest BCUT2D eigenvalue weighted by Crippen LogP contribution is -2.69. The molecule has 3 nitrogen and oxygen atoms in total. The number of ether oxygens (including phenoxy) is 2. The van der Waals surface area contributed by atoms with Crippen molar-refractivity contribution in [3.8, 4) is 0 Å². The van der Waals surface area contributed by atoms with E-state index in [2.05, 4.69) is 34.6 Å². The van der Waals surface area contributed by atoms with Gasteiger partial charge in [-0.05, 0) is 19.3 Å². The third kappa shape index (κ3) is 3.56. The maximum Gasteiger partial charge on any atom is 0.321 e. The Morgan fingerprint density at radius 2 is 1.86 bits per heavy atom. The summed E-state index contributed by atoms with van der Waals surface area (Å²) in [6, 6.07) is 3.34. The summed E-state index contributed by atoms with van der Waals surface area (Å²) in [5.41, 5.74) is 0. The monoisotopic (exact) mass is 346 g/mol. The molecule has 0 unspecified atom stereocenters. The molecule has 1 fully saturated rings. The fourth-order valence-electron chi connectivity index (χ4n) is 3.94. The lowest BCUT2D eigenvalue weighted by atomic mass is 10.0. The maximum absolute atomic E-state index is 13.1. The van der Waals surface area contributed by atoms with Gasteiger partial charge in [0.1, 0.15) is 4.37 Å². The number of carbonyl (C=O) groups is 1. The Balaban J connectivity index is 3.37. The third-order valence-corrected chi connectivity index (χ3v) is 14.4. The summed E-state index contributed by atoms with van der Waals surface area (Å²) in [5.74, 6) is 1.43. The summed E-state index contributed by atoms with van der Waals surface area (Å²) in [5, 5.41) is 0. The van der Waals surface area contributed by atoms with Crippen molar-refractivity contribution in [2.45, 2.75) is 76.6 Å². The van der Waals surface area contributed by atoms with E-state index in [-0.39, 0.29) is 12.1 Å². The molecule has 0 aliphatic carbocycles. The Hall–Kier alpha value is -0.00312. The number of rotatable bonds is 8. The van der Waals surface area contributed by atoms with Crippen LogP contribution < -0.4 is 0 Å². The minimum Gasteiger partial charge on any atom is -0.465 e. The first kappa shape index (κ1) is 20.0. The highest BCUT2D eigenvalue weighted by molar-refractivity contribution is 8.03. The van der Waals surface area contributed by atoms with Crippen LogP contribution in [0, 0.1) is 5.92 Å². The van der Waals surface area contributed by atoms with E-state index in [1.54, 1.807) is 0 Å². The largest absolute Gasteiger partial charge is 0.465 e. The Morgan fingerprint density at radius 1 is 1.27 bits per heavy atom. The number of esters is 1. The van der Waals surface area contributed by atoms with Crippen molar-refractivity contribution >= 4 is 25.8 Å². The Morgan fingerprint density at radius 3 is 2.32 bits per heavy atom. The molecule has 2 atom stereocenters. The van der Waals surface area contributed by atoms with E-state index in [9.17, 15) is 4.79 Å². The number of thioether (sulfide) groups is 1. The molecule has 5 heteroatoms. The third-order valence-electron chi connectivity index (χ3n) is 5.27. The van der Waals surface area contributed by atoms with Crippen LogP contribution in [0.3, 0.4) is 0 Å². The van der Waals surface area contributed by atoms with Crippen LogP contribution in [0.25, 0.3) is 0 Å². The van der Waals surface area contributed by atoms with Crippen molar-refractivity contribution in [3.05, 3.63) is 0 Å². The van der Waals surface area contributed by atoms with Crippen LogP contribution in [0.15, 0.2) is 0 Å². The maximum atomic E-state index is 13.1. The summed E-state index contributed by atoms with van der Waals surface area (Å²) in [6.07, 6.45) is 0.956. The normalized spacial score (nSPS) is 26.2. The lowest BCUT2D eigenvalue weighted by molar-refractivity contribution is -0.148. The first-order valence-electron chi connectivity index (χ1n) is 8.86. The van der Waals surface area contributed by atoms with Gasteiger partial charge in [0.15, 0.2) is 0 Å². The molecule has 0 radical (unpaired) electrons. The number of carbonyl (C=O) groups excluding carboxylic acids is 1. The fourth-order valence-corrected chi connectivity index (χ4v) is 12.3. The molecule has 1 heterocycles. The predicted octanol–water partition coefficient (Wildman–Crippen LogP) is 4.51. The van der Waals surface area contributed by atoms with Gasteiger partial charge in [-0.15, -0.1) is 11.8 Å². The van der Waals surface area contributed by atoms with E-state index in [1.165, 1.54) is 0 Å². The van der Waals surface area contributed by atoms with Crippen molar-refractivity contribution in [3.63, 3.8) is 0 Å². The molecular weight excluding hydrogens is 312 g/mol. The van der Waals surface area contributed by atoms with Gasteiger partial charge in [0.2, 0.25) is 0 Å². The Labute approximate surface area is 141 Å². The van der Waals surface area contributed by atoms with Crippen LogP contribution in [0.4, 0.5) is 0 Å². The molecule has 0 saturated carbocycles. The molecule has 1 rings (SSSR count). The van der Waals surface area contributed by atoms with Crippen molar-refractivity contribution in [1.29, 1.82) is 0 Å². The van der Waals surface area contributed by atoms with Gasteiger partial charge in [0, 0.05) is 5.75 Å². The zero-order chi connectivity index (χ0) is 16.8. The number of hydrogen-bond donors (Lipinski definition) is 0. The van der Waals surface area contributed by atoms with Crippen LogP contribution in [-0.2, 0) is 14.3 Å². The Kier molecular flexibility index (Phi) is 7.96. The van der Waals surface area contributed by atoms with Gasteiger partial charge >= 0.3 is 5.97 Å². The molecule has 0 N–H and O–H groups in total. The molecule has 22 heavy (non-hydrogen) atoms. The zero-order valence-electron chi connectivity index (χ0n) is 15.2. The smallest absolute Gasteiger partial charge is 0.321 e. The van der Waals surface area contributed by atoms with Gasteiger partial charge in [-0.3, -0.25) is 4.79 Å². The lowest BCUT2D eigenvalue weighted by Gasteiger charge is -2.52. The van der Waals surface area contributed by atoms with Gasteiger partial charge in [-0.2, -0.15) is 0 Å². The van der Waals surface area contributed by atoms with E-state index in [1.807, 2.05) is 18.7 Å². The minimum atomic E-state index is -1.83. The fraction of sp³-hybridized carbons (Fsp3) is 0.941. The van der Waals surface area contributed by atoms with Gasteiger partial charge in [0.05, 0.1) is 27.4 Å². The minimum absolute atomic E-state index is 0.00238. The summed E-state index contributed by atoms with van der Waals surface area (Å²) in [6.45, 7) is 14.3. The summed E-state index contributed by atoms with van der Waals surface area (Å²) in [7, 11) is -1.83. The van der Waals surface area contributed by atoms with Crippen molar-refractivity contribution < 1.29 is 14.3 Å². The standard InChI is InChI=1S/C17H34O3SSi/c1-7-19-16(18)17(22(8-2,9-3)10-4)15(13-14(5)6)20-11-12-21-17/h14-15H,7-13H2,1-6H3/t15-,17+/m1/s1. The second-order valence-corrected chi connectivity index (χ2v) is 13.8. The molecule has 0 aromatic carbocycles. The molecular formula is C17H34O3SSi. The first-order valence-corrected chi connectivity index (χ1v) is 12.5. The summed E-state index contributed by atoms with van der Waals surface area (Å²) in [4.78, 5) is 13.1. The van der Waals surface area contributed by atoms with Gasteiger partial charge < -0.3 is 9.47 Å². The van der Waals surface area contributed by atoms with E-state index < -0.39 is 12.4 Å². The van der Waals surface area contributed by atoms with Gasteiger partial charge in [0.25, 0.3) is 0 Å². The molecule has 0 aromatic rings. The molecule has 0 aromatic heterocycles. The van der Waals surface area contributed by atoms with Crippen LogP contribution in [0.5, 0.6) is 0 Å². The second-order valence-electron chi connectivity index (χ2n) is 6.63. The van der Waals surface area contributed by atoms with Crippen LogP contribution in [0.1, 0.15) is 48.0 Å². The molecule has 0 amide bonds. The van der Waals surface area contributed by atoms with Gasteiger partial charge in [-0.1, -0.05) is 52.8 Å². The van der Waals surface area contributed by atoms with Crippen molar-refractivity contribution in [1.82, 2.24) is 0 Å². The highest BCUT2D eigenvalue weighted by atomic mass is 32.2. The molecule has 0 bridgehead atoms. The molecule has 130 valence electrons. The van der Waals surface area contributed by atoms with E-state index in [0.717, 1.165) is 36.9 Å². The molecule has 1 saturated heterocycles. The molecule has 1 aliphatic heterocycles. The summed E-state index contributed by atoms with van der Waals surface area (Å²) < 4.78 is 11.4. The average Bonchev–Trinajstić information content (AvgIpc) is 2.50. The molecule has 1 aliphatic rings. The van der Waals surface area contributed by atoms with Gasteiger partial charge in [-0.25, -0.2) is 0 Å². The quantitative estimate of drug-likeness (QED) is 0.478. The Bertz CT molecular complexity index is 350. The molecule has 0 spiro atoms. The highest BCUT2D eigenvalue weighted by Gasteiger charge is 2.62. The first-order chi connectivity index (χ1) is 10.4. The van der Waals surface area contributed by atoms with E-state index >= 15 is 0 Å². The van der Waals surface area contributed by atoms with E-state index in [4.69, 9.17) is 9.47 Å². The van der Waals surface area contributed by atoms with Crippen LogP contribution in [-0.4, -0.2) is 43.5 Å². The highest BCUT2D eigenvalue weighted by Crippen LogP contribution is 2.49. The number of hydrogen-bond acceptors (Lipinski definition) is 4. The zero-order valence-corrected chi connectivity index (χ0v) is 17.1.